The van der Waals surface area contributed by atoms with Gasteiger partial charge < -0.3 is 9.67 Å². The molecule has 6 nitrogen and oxygen atoms in total. The number of aromatic nitrogens is 2. The van der Waals surface area contributed by atoms with Gasteiger partial charge in [0.15, 0.2) is 0 Å². The number of benzene rings is 1. The van der Waals surface area contributed by atoms with Gasteiger partial charge in [-0.25, -0.2) is 9.78 Å². The van der Waals surface area contributed by atoms with E-state index in [4.69, 9.17) is 0 Å². The standard InChI is InChI=1S/C26H33N3O3/c30-24-23(25(31)32)27-21-10-1-2-11-22(21)28(24)20-14-18-8-3-9-19(15-20)29(18)26-12-4-6-17(16-26)7-5-13-26/h1-2,10-11,17-20H,3-9,12-16H2,(H,31,32)/t17?,18-,19?,20?,26?/m0/s1. The summed E-state index contributed by atoms with van der Waals surface area (Å²) in [5.41, 5.74) is 0.948. The highest BCUT2D eigenvalue weighted by Gasteiger charge is 2.52. The first-order valence-corrected chi connectivity index (χ1v) is 12.6. The Kier molecular flexibility index (Phi) is 4.90. The van der Waals surface area contributed by atoms with Crippen LogP contribution < -0.4 is 5.56 Å². The van der Waals surface area contributed by atoms with E-state index in [1.54, 1.807) is 4.57 Å². The Hall–Kier alpha value is -2.21. The van der Waals surface area contributed by atoms with Gasteiger partial charge in [0.2, 0.25) is 5.69 Å². The number of piperidine rings is 2. The third kappa shape index (κ3) is 3.13. The average molecular weight is 436 g/mol. The molecule has 4 bridgehead atoms. The number of fused-ring (bicyclic) bond motifs is 6. The van der Waals surface area contributed by atoms with E-state index in [0.717, 1.165) is 24.3 Å². The molecule has 0 radical (unpaired) electrons. The van der Waals surface area contributed by atoms with Crippen molar-refractivity contribution in [2.75, 3.05) is 0 Å². The van der Waals surface area contributed by atoms with Crippen LogP contribution in [0.3, 0.4) is 0 Å². The molecule has 0 spiro atoms. The van der Waals surface area contributed by atoms with Crippen molar-refractivity contribution in [2.24, 2.45) is 5.92 Å². The molecular formula is C26H33N3O3. The van der Waals surface area contributed by atoms with Gasteiger partial charge in [-0.1, -0.05) is 44.2 Å². The molecule has 2 aromatic rings. The Balaban J connectivity index is 1.40. The Labute approximate surface area is 188 Å². The van der Waals surface area contributed by atoms with E-state index in [1.165, 1.54) is 64.2 Å². The van der Waals surface area contributed by atoms with E-state index in [2.05, 4.69) is 9.88 Å². The number of nitrogens with zero attached hydrogens (tertiary/aromatic N) is 3. The number of rotatable bonds is 3. The molecule has 6 heteroatoms. The number of carboxylic acids is 1. The average Bonchev–Trinajstić information content (AvgIpc) is 2.78. The van der Waals surface area contributed by atoms with Crippen LogP contribution >= 0.6 is 0 Å². The lowest BCUT2D eigenvalue weighted by Crippen LogP contribution is -2.65. The fourth-order valence-electron chi connectivity index (χ4n) is 8.01. The van der Waals surface area contributed by atoms with E-state index in [0.29, 0.717) is 23.1 Å². The SMILES string of the molecule is O=C(O)c1nc2ccccc2n(C2CC3CCC[C@@H](C2)N3C23CCCC(CCC2)C3)c1=O. The number of hydrogen-bond donors (Lipinski definition) is 1. The summed E-state index contributed by atoms with van der Waals surface area (Å²) < 4.78 is 1.79. The van der Waals surface area contributed by atoms with Crippen LogP contribution in [0.5, 0.6) is 0 Å². The lowest BCUT2D eigenvalue weighted by Gasteiger charge is -2.61. The fourth-order valence-corrected chi connectivity index (χ4v) is 8.01. The van der Waals surface area contributed by atoms with Gasteiger partial charge in [-0.05, 0) is 63.0 Å². The second-order valence-electron chi connectivity index (χ2n) is 10.8. The minimum atomic E-state index is -1.23. The monoisotopic (exact) mass is 435 g/mol. The second kappa shape index (κ2) is 7.68. The van der Waals surface area contributed by atoms with Gasteiger partial charge in [0.1, 0.15) is 0 Å². The molecule has 3 heterocycles. The molecule has 1 aromatic carbocycles. The number of carboxylic acid groups (broad SMARTS) is 1. The zero-order valence-electron chi connectivity index (χ0n) is 18.7. The summed E-state index contributed by atoms with van der Waals surface area (Å²) in [4.78, 5) is 32.2. The van der Waals surface area contributed by atoms with Crippen molar-refractivity contribution in [3.63, 3.8) is 0 Å². The first-order chi connectivity index (χ1) is 15.6. The highest BCUT2D eigenvalue weighted by molar-refractivity contribution is 5.88. The molecule has 32 heavy (non-hydrogen) atoms. The zero-order chi connectivity index (χ0) is 21.9. The van der Waals surface area contributed by atoms with Crippen LogP contribution in [-0.4, -0.2) is 43.1 Å². The van der Waals surface area contributed by atoms with Gasteiger partial charge in [0.25, 0.3) is 5.56 Å². The van der Waals surface area contributed by atoms with E-state index in [1.807, 2.05) is 24.3 Å². The third-order valence-corrected chi connectivity index (χ3v) is 9.04. The summed E-state index contributed by atoms with van der Waals surface area (Å²) >= 11 is 0. The fraction of sp³-hybridized carbons (Fsp3) is 0.654. The number of hydrogen-bond acceptors (Lipinski definition) is 4. The molecule has 4 fully saturated rings. The van der Waals surface area contributed by atoms with Crippen LogP contribution in [0.2, 0.25) is 0 Å². The summed E-state index contributed by atoms with van der Waals surface area (Å²) in [7, 11) is 0. The lowest BCUT2D eigenvalue weighted by atomic mass is 9.63. The molecule has 6 rings (SSSR count). The minimum absolute atomic E-state index is 0.0411. The van der Waals surface area contributed by atoms with E-state index < -0.39 is 11.5 Å². The van der Waals surface area contributed by atoms with Crippen molar-refractivity contribution in [3.05, 3.63) is 40.3 Å². The van der Waals surface area contributed by atoms with Gasteiger partial charge in [-0.2, -0.15) is 0 Å². The number of aromatic carboxylic acids is 1. The Morgan fingerprint density at radius 2 is 1.66 bits per heavy atom. The summed E-state index contributed by atoms with van der Waals surface area (Å²) in [6.45, 7) is 0. The maximum atomic E-state index is 13.3. The van der Waals surface area contributed by atoms with Crippen molar-refractivity contribution in [1.29, 1.82) is 0 Å². The first-order valence-electron chi connectivity index (χ1n) is 12.6. The van der Waals surface area contributed by atoms with Crippen LogP contribution in [0.25, 0.3) is 11.0 Å². The van der Waals surface area contributed by atoms with Gasteiger partial charge in [0.05, 0.1) is 11.0 Å². The Morgan fingerprint density at radius 3 is 2.34 bits per heavy atom. The number of carbonyl (C=O) groups is 1. The molecule has 2 aliphatic carbocycles. The quantitative estimate of drug-likeness (QED) is 0.752. The third-order valence-electron chi connectivity index (χ3n) is 9.04. The Morgan fingerprint density at radius 1 is 0.969 bits per heavy atom. The van der Waals surface area contributed by atoms with Crippen molar-refractivity contribution >= 4 is 17.0 Å². The molecule has 2 aliphatic heterocycles. The predicted molar refractivity (Wildman–Crippen MR) is 123 cm³/mol. The summed E-state index contributed by atoms with van der Waals surface area (Å²) in [6.07, 6.45) is 15.1. The zero-order valence-corrected chi connectivity index (χ0v) is 18.7. The van der Waals surface area contributed by atoms with Gasteiger partial charge in [0, 0.05) is 23.7 Å². The van der Waals surface area contributed by atoms with Crippen molar-refractivity contribution in [3.8, 4) is 0 Å². The molecule has 2 unspecified atom stereocenters. The number of para-hydroxylation sites is 2. The maximum absolute atomic E-state index is 13.3. The highest BCUT2D eigenvalue weighted by atomic mass is 16.4. The van der Waals surface area contributed by atoms with E-state index in [-0.39, 0.29) is 11.7 Å². The lowest BCUT2D eigenvalue weighted by molar-refractivity contribution is -0.106. The van der Waals surface area contributed by atoms with Crippen molar-refractivity contribution in [2.45, 2.75) is 101 Å². The smallest absolute Gasteiger partial charge is 0.360 e. The maximum Gasteiger partial charge on any atom is 0.360 e. The van der Waals surface area contributed by atoms with Crippen LogP contribution in [0.1, 0.15) is 93.6 Å². The van der Waals surface area contributed by atoms with E-state index >= 15 is 0 Å². The molecule has 3 atom stereocenters. The van der Waals surface area contributed by atoms with Gasteiger partial charge in [-0.15, -0.1) is 0 Å². The highest BCUT2D eigenvalue weighted by Crippen LogP contribution is 2.52. The molecule has 2 saturated heterocycles. The van der Waals surface area contributed by atoms with Crippen LogP contribution in [0.15, 0.2) is 29.1 Å². The first kappa shape index (κ1) is 20.4. The summed E-state index contributed by atoms with van der Waals surface area (Å²) in [6, 6.07) is 8.54. The second-order valence-corrected chi connectivity index (χ2v) is 10.8. The topological polar surface area (TPSA) is 75.4 Å². The molecule has 1 N–H and O–H groups in total. The van der Waals surface area contributed by atoms with Gasteiger partial charge in [-0.3, -0.25) is 9.69 Å². The summed E-state index contributed by atoms with van der Waals surface area (Å²) in [5, 5.41) is 9.63. The Bertz CT molecular complexity index is 1090. The molecule has 1 aromatic heterocycles. The van der Waals surface area contributed by atoms with Crippen molar-refractivity contribution < 1.29 is 9.90 Å². The van der Waals surface area contributed by atoms with Gasteiger partial charge >= 0.3 is 5.97 Å². The molecule has 4 aliphatic rings. The van der Waals surface area contributed by atoms with Crippen LogP contribution in [0.4, 0.5) is 0 Å². The van der Waals surface area contributed by atoms with Crippen LogP contribution in [0, 0.1) is 5.92 Å². The van der Waals surface area contributed by atoms with Crippen LogP contribution in [-0.2, 0) is 0 Å². The summed E-state index contributed by atoms with van der Waals surface area (Å²) in [5.74, 6) is -0.331. The molecule has 2 saturated carbocycles. The minimum Gasteiger partial charge on any atom is -0.476 e. The largest absolute Gasteiger partial charge is 0.476 e. The van der Waals surface area contributed by atoms with E-state index in [9.17, 15) is 14.7 Å². The molecule has 0 amide bonds. The van der Waals surface area contributed by atoms with Crippen molar-refractivity contribution in [1.82, 2.24) is 14.5 Å². The predicted octanol–water partition coefficient (Wildman–Crippen LogP) is 4.77. The molecular weight excluding hydrogens is 402 g/mol. The molecule has 170 valence electrons. The normalized spacial score (nSPS) is 35.0.